The minimum Gasteiger partial charge on any atom is -0.353 e. The molecule has 0 aromatic rings. The first kappa shape index (κ1) is 13.8. The summed E-state index contributed by atoms with van der Waals surface area (Å²) in [7, 11) is 0. The van der Waals surface area contributed by atoms with Gasteiger partial charge in [-0.05, 0) is 38.1 Å². The van der Waals surface area contributed by atoms with Gasteiger partial charge in [0.25, 0.3) is 0 Å². The highest BCUT2D eigenvalue weighted by Crippen LogP contribution is 2.51. The molecule has 4 heteroatoms. The van der Waals surface area contributed by atoms with Gasteiger partial charge in [-0.1, -0.05) is 13.8 Å². The fourth-order valence-corrected chi connectivity index (χ4v) is 2.48. The Kier molecular flexibility index (Phi) is 4.24. The van der Waals surface area contributed by atoms with Crippen LogP contribution in [0.1, 0.15) is 40.0 Å². The minimum atomic E-state index is 0. The van der Waals surface area contributed by atoms with Gasteiger partial charge in [-0.3, -0.25) is 4.79 Å². The van der Waals surface area contributed by atoms with Crippen LogP contribution in [0.5, 0.6) is 0 Å². The van der Waals surface area contributed by atoms with Gasteiger partial charge in [0, 0.05) is 18.0 Å². The zero-order valence-corrected chi connectivity index (χ0v) is 11.2. The Labute approximate surface area is 104 Å². The van der Waals surface area contributed by atoms with E-state index in [2.05, 4.69) is 31.4 Å². The van der Waals surface area contributed by atoms with Crippen molar-refractivity contribution in [3.63, 3.8) is 0 Å². The lowest BCUT2D eigenvalue weighted by molar-refractivity contribution is -0.123. The standard InChI is InChI=1S/C12H22N2O.ClH/c1-8-6-9(4-5-13-8)14-11(15)10-7-12(10,2)3;/h8-10,13H,4-7H2,1-3H3,(H,14,15);1H. The Hall–Kier alpha value is -0.280. The zero-order valence-electron chi connectivity index (χ0n) is 10.4. The lowest BCUT2D eigenvalue weighted by Crippen LogP contribution is -2.47. The molecule has 1 saturated heterocycles. The Morgan fingerprint density at radius 1 is 1.44 bits per heavy atom. The van der Waals surface area contributed by atoms with Crippen molar-refractivity contribution in [3.8, 4) is 0 Å². The van der Waals surface area contributed by atoms with Gasteiger partial charge in [-0.25, -0.2) is 0 Å². The van der Waals surface area contributed by atoms with Gasteiger partial charge in [-0.2, -0.15) is 0 Å². The summed E-state index contributed by atoms with van der Waals surface area (Å²) in [5.74, 6) is 0.543. The number of carbonyl (C=O) groups excluding carboxylic acids is 1. The van der Waals surface area contributed by atoms with Crippen molar-refractivity contribution in [2.24, 2.45) is 11.3 Å². The van der Waals surface area contributed by atoms with Gasteiger partial charge < -0.3 is 10.6 Å². The molecule has 16 heavy (non-hydrogen) atoms. The molecule has 3 unspecified atom stereocenters. The molecule has 0 aromatic heterocycles. The summed E-state index contributed by atoms with van der Waals surface area (Å²) >= 11 is 0. The molecule has 2 N–H and O–H groups in total. The van der Waals surface area contributed by atoms with E-state index < -0.39 is 0 Å². The van der Waals surface area contributed by atoms with Crippen LogP contribution in [-0.4, -0.2) is 24.5 Å². The Morgan fingerprint density at radius 3 is 2.56 bits per heavy atom. The molecule has 0 spiro atoms. The summed E-state index contributed by atoms with van der Waals surface area (Å²) in [5, 5.41) is 6.58. The van der Waals surface area contributed by atoms with Crippen molar-refractivity contribution in [1.29, 1.82) is 0 Å². The number of piperidine rings is 1. The molecule has 1 heterocycles. The maximum atomic E-state index is 11.9. The van der Waals surface area contributed by atoms with E-state index in [0.717, 1.165) is 25.8 Å². The van der Waals surface area contributed by atoms with Crippen molar-refractivity contribution in [2.45, 2.75) is 52.1 Å². The summed E-state index contributed by atoms with van der Waals surface area (Å²) in [6.45, 7) is 7.55. The molecule has 3 nitrogen and oxygen atoms in total. The smallest absolute Gasteiger partial charge is 0.223 e. The van der Waals surface area contributed by atoms with E-state index in [-0.39, 0.29) is 29.6 Å². The normalized spacial score (nSPS) is 36.1. The quantitative estimate of drug-likeness (QED) is 0.779. The van der Waals surface area contributed by atoms with Crippen LogP contribution in [0.25, 0.3) is 0 Å². The van der Waals surface area contributed by atoms with E-state index >= 15 is 0 Å². The van der Waals surface area contributed by atoms with E-state index in [4.69, 9.17) is 0 Å². The SMILES string of the molecule is CC1CC(NC(=O)C2CC2(C)C)CCN1.Cl. The van der Waals surface area contributed by atoms with Crippen LogP contribution < -0.4 is 10.6 Å². The first-order valence-electron chi connectivity index (χ1n) is 6.03. The third-order valence-corrected chi connectivity index (χ3v) is 3.80. The molecule has 1 aliphatic carbocycles. The summed E-state index contributed by atoms with van der Waals surface area (Å²) in [5.41, 5.74) is 0.253. The highest BCUT2D eigenvalue weighted by atomic mass is 35.5. The molecule has 0 aromatic carbocycles. The average Bonchev–Trinajstić information content (AvgIpc) is 2.75. The molecular formula is C12H23ClN2O. The van der Waals surface area contributed by atoms with Crippen molar-refractivity contribution in [3.05, 3.63) is 0 Å². The van der Waals surface area contributed by atoms with Gasteiger partial charge in [-0.15, -0.1) is 12.4 Å². The molecule has 2 rings (SSSR count). The molecule has 1 saturated carbocycles. The van der Waals surface area contributed by atoms with Gasteiger partial charge >= 0.3 is 0 Å². The number of hydrogen-bond donors (Lipinski definition) is 2. The first-order chi connectivity index (χ1) is 6.99. The monoisotopic (exact) mass is 246 g/mol. The summed E-state index contributed by atoms with van der Waals surface area (Å²) in [6, 6.07) is 0.932. The topological polar surface area (TPSA) is 41.1 Å². The number of amides is 1. The largest absolute Gasteiger partial charge is 0.353 e. The first-order valence-corrected chi connectivity index (χ1v) is 6.03. The number of carbonyl (C=O) groups is 1. The minimum absolute atomic E-state index is 0. The van der Waals surface area contributed by atoms with Crippen LogP contribution in [0, 0.1) is 11.3 Å². The van der Waals surface area contributed by atoms with Crippen molar-refractivity contribution in [2.75, 3.05) is 6.54 Å². The highest BCUT2D eigenvalue weighted by molar-refractivity contribution is 5.85. The molecule has 1 aliphatic heterocycles. The maximum Gasteiger partial charge on any atom is 0.223 e. The third kappa shape index (κ3) is 3.11. The van der Waals surface area contributed by atoms with Crippen LogP contribution in [0.15, 0.2) is 0 Å². The van der Waals surface area contributed by atoms with Gasteiger partial charge in [0.15, 0.2) is 0 Å². The fourth-order valence-electron chi connectivity index (χ4n) is 2.48. The van der Waals surface area contributed by atoms with Gasteiger partial charge in [0.05, 0.1) is 0 Å². The Balaban J connectivity index is 0.00000128. The van der Waals surface area contributed by atoms with Crippen LogP contribution in [-0.2, 0) is 4.79 Å². The van der Waals surface area contributed by atoms with Crippen molar-refractivity contribution >= 4 is 18.3 Å². The van der Waals surface area contributed by atoms with Crippen LogP contribution in [0.4, 0.5) is 0 Å². The van der Waals surface area contributed by atoms with Crippen molar-refractivity contribution < 1.29 is 4.79 Å². The van der Waals surface area contributed by atoms with E-state index in [0.29, 0.717) is 12.1 Å². The highest BCUT2D eigenvalue weighted by Gasteiger charge is 2.50. The Bertz CT molecular complexity index is 268. The third-order valence-electron chi connectivity index (χ3n) is 3.80. The second kappa shape index (κ2) is 4.92. The number of halogens is 1. The summed E-state index contributed by atoms with van der Waals surface area (Å²) in [6.07, 6.45) is 3.20. The molecule has 94 valence electrons. The zero-order chi connectivity index (χ0) is 11.1. The number of rotatable bonds is 2. The molecule has 1 amide bonds. The molecule has 0 bridgehead atoms. The van der Waals surface area contributed by atoms with Crippen LogP contribution >= 0.6 is 12.4 Å². The van der Waals surface area contributed by atoms with E-state index in [1.807, 2.05) is 0 Å². The number of nitrogens with one attached hydrogen (secondary N) is 2. The molecule has 0 radical (unpaired) electrons. The van der Waals surface area contributed by atoms with E-state index in [1.54, 1.807) is 0 Å². The van der Waals surface area contributed by atoms with Gasteiger partial charge in [0.2, 0.25) is 5.91 Å². The second-order valence-electron chi connectivity index (χ2n) is 5.83. The van der Waals surface area contributed by atoms with Crippen molar-refractivity contribution in [1.82, 2.24) is 10.6 Å². The maximum absolute atomic E-state index is 11.9. The Morgan fingerprint density at radius 2 is 2.06 bits per heavy atom. The average molecular weight is 247 g/mol. The van der Waals surface area contributed by atoms with Crippen LogP contribution in [0.3, 0.4) is 0 Å². The predicted molar refractivity (Wildman–Crippen MR) is 67.8 cm³/mol. The molecule has 2 fully saturated rings. The summed E-state index contributed by atoms with van der Waals surface area (Å²) < 4.78 is 0. The lowest BCUT2D eigenvalue weighted by atomic mass is 10.00. The molecule has 3 atom stereocenters. The predicted octanol–water partition coefficient (Wildman–Crippen LogP) is 1.71. The van der Waals surface area contributed by atoms with Gasteiger partial charge in [0.1, 0.15) is 0 Å². The fraction of sp³-hybridized carbons (Fsp3) is 0.917. The molecule has 2 aliphatic rings. The van der Waals surface area contributed by atoms with Crippen LogP contribution in [0.2, 0.25) is 0 Å². The molecular weight excluding hydrogens is 224 g/mol. The van der Waals surface area contributed by atoms with E-state index in [1.165, 1.54) is 0 Å². The van der Waals surface area contributed by atoms with E-state index in [9.17, 15) is 4.79 Å². The lowest BCUT2D eigenvalue weighted by Gasteiger charge is -2.28. The summed E-state index contributed by atoms with van der Waals surface area (Å²) in [4.78, 5) is 11.9. The second-order valence-corrected chi connectivity index (χ2v) is 5.83. The number of hydrogen-bond acceptors (Lipinski definition) is 2.